The minimum absolute atomic E-state index is 0.516. The van der Waals surface area contributed by atoms with Gasteiger partial charge in [0.1, 0.15) is 0 Å². The second-order valence-electron chi connectivity index (χ2n) is 4.73. The Morgan fingerprint density at radius 2 is 1.75 bits per heavy atom. The van der Waals surface area contributed by atoms with E-state index in [-0.39, 0.29) is 0 Å². The molecule has 0 radical (unpaired) electrons. The molecule has 0 aliphatic heterocycles. The number of nitrogens with zero attached hydrogens (tertiary/aromatic N) is 1. The van der Waals surface area contributed by atoms with Crippen LogP contribution in [0.1, 0.15) is 39.5 Å². The van der Waals surface area contributed by atoms with Gasteiger partial charge >= 0.3 is 0 Å². The van der Waals surface area contributed by atoms with Crippen LogP contribution < -0.4 is 5.32 Å². The lowest BCUT2D eigenvalue weighted by Crippen LogP contribution is -2.36. The molecule has 0 aliphatic carbocycles. The Bertz CT molecular complexity index is 430. The number of hydrogen-bond donors (Lipinski definition) is 1. The Labute approximate surface area is 137 Å². The number of unbranched alkanes of at least 4 members (excludes halogenated alkanes) is 2. The molecule has 112 valence electrons. The fourth-order valence-corrected chi connectivity index (χ4v) is 2.45. The molecule has 1 aromatic carbocycles. The van der Waals surface area contributed by atoms with Crippen LogP contribution in [0.15, 0.2) is 18.2 Å². The monoisotopic (exact) mass is 332 g/mol. The zero-order valence-electron chi connectivity index (χ0n) is 12.1. The number of hydrogen-bond acceptors (Lipinski definition) is 1. The van der Waals surface area contributed by atoms with Gasteiger partial charge in [-0.1, -0.05) is 56.0 Å². The van der Waals surface area contributed by atoms with Gasteiger partial charge in [-0.2, -0.15) is 0 Å². The number of rotatable bonds is 7. The summed E-state index contributed by atoms with van der Waals surface area (Å²) in [6.07, 6.45) is 4.58. The lowest BCUT2D eigenvalue weighted by Gasteiger charge is -2.26. The zero-order valence-corrected chi connectivity index (χ0v) is 14.4. The molecule has 0 amide bonds. The smallest absolute Gasteiger partial charge is 0.173 e. The topological polar surface area (TPSA) is 15.3 Å². The SMILES string of the molecule is CCCCN(CCCC)C(=S)Nc1cccc(Cl)c1Cl. The number of thiocarbonyl (C=S) groups is 1. The fraction of sp³-hybridized carbons (Fsp3) is 0.533. The number of halogens is 2. The fourth-order valence-electron chi connectivity index (χ4n) is 1.81. The second kappa shape index (κ2) is 9.43. The molecule has 5 heteroatoms. The highest BCUT2D eigenvalue weighted by atomic mass is 35.5. The van der Waals surface area contributed by atoms with Crippen LogP contribution in [-0.2, 0) is 0 Å². The minimum Gasteiger partial charge on any atom is -0.349 e. The minimum atomic E-state index is 0.516. The summed E-state index contributed by atoms with van der Waals surface area (Å²) in [6, 6.07) is 5.52. The molecule has 1 rings (SSSR count). The van der Waals surface area contributed by atoms with E-state index in [1.54, 1.807) is 6.07 Å². The van der Waals surface area contributed by atoms with E-state index in [2.05, 4.69) is 24.1 Å². The molecule has 0 heterocycles. The molecular formula is C15H22Cl2N2S. The Morgan fingerprint density at radius 3 is 2.30 bits per heavy atom. The van der Waals surface area contributed by atoms with E-state index in [9.17, 15) is 0 Å². The van der Waals surface area contributed by atoms with Gasteiger partial charge in [-0.05, 0) is 37.2 Å². The molecule has 20 heavy (non-hydrogen) atoms. The highest BCUT2D eigenvalue weighted by Gasteiger charge is 2.11. The third-order valence-electron chi connectivity index (χ3n) is 3.04. The van der Waals surface area contributed by atoms with Gasteiger partial charge < -0.3 is 10.2 Å². The standard InChI is InChI=1S/C15H22Cl2N2S/c1-3-5-10-19(11-6-4-2)15(20)18-13-9-7-8-12(16)14(13)17/h7-9H,3-6,10-11H2,1-2H3,(H,18,20). The third-order valence-corrected chi connectivity index (χ3v) is 4.22. The maximum absolute atomic E-state index is 6.18. The summed E-state index contributed by atoms with van der Waals surface area (Å²) in [5.41, 5.74) is 0.766. The van der Waals surface area contributed by atoms with Gasteiger partial charge in [-0.25, -0.2) is 0 Å². The highest BCUT2D eigenvalue weighted by Crippen LogP contribution is 2.29. The number of anilines is 1. The lowest BCUT2D eigenvalue weighted by molar-refractivity contribution is 0.403. The maximum atomic E-state index is 6.18. The van der Waals surface area contributed by atoms with Gasteiger partial charge in [0.25, 0.3) is 0 Å². The van der Waals surface area contributed by atoms with Crippen LogP contribution in [0.25, 0.3) is 0 Å². The van der Waals surface area contributed by atoms with Crippen molar-refractivity contribution in [2.24, 2.45) is 0 Å². The van der Waals surface area contributed by atoms with Gasteiger partial charge in [0.05, 0.1) is 15.7 Å². The zero-order chi connectivity index (χ0) is 15.0. The van der Waals surface area contributed by atoms with Gasteiger partial charge in [0, 0.05) is 13.1 Å². The van der Waals surface area contributed by atoms with Crippen LogP contribution in [0.5, 0.6) is 0 Å². The number of nitrogens with one attached hydrogen (secondary N) is 1. The summed E-state index contributed by atoms with van der Waals surface area (Å²) >= 11 is 17.7. The normalized spacial score (nSPS) is 10.4. The van der Waals surface area contributed by atoms with E-state index >= 15 is 0 Å². The molecular weight excluding hydrogens is 311 g/mol. The summed E-state index contributed by atoms with van der Waals surface area (Å²) < 4.78 is 0. The van der Waals surface area contributed by atoms with E-state index in [0.29, 0.717) is 10.0 Å². The lowest BCUT2D eigenvalue weighted by atomic mass is 10.2. The van der Waals surface area contributed by atoms with Crippen LogP contribution >= 0.6 is 35.4 Å². The molecule has 0 saturated heterocycles. The summed E-state index contributed by atoms with van der Waals surface area (Å²) in [5, 5.41) is 4.98. The largest absolute Gasteiger partial charge is 0.349 e. The van der Waals surface area contributed by atoms with Crippen LogP contribution in [0, 0.1) is 0 Å². The summed E-state index contributed by atoms with van der Waals surface area (Å²) in [6.45, 7) is 6.31. The first kappa shape index (κ1) is 17.5. The molecule has 0 bridgehead atoms. The van der Waals surface area contributed by atoms with Gasteiger partial charge in [0.15, 0.2) is 5.11 Å². The first-order valence-corrected chi connectivity index (χ1v) is 8.26. The molecule has 0 saturated carbocycles. The molecule has 0 fully saturated rings. The van der Waals surface area contributed by atoms with Crippen molar-refractivity contribution >= 4 is 46.2 Å². The van der Waals surface area contributed by atoms with Crippen LogP contribution in [0.2, 0.25) is 10.0 Å². The van der Waals surface area contributed by atoms with Gasteiger partial charge in [-0.15, -0.1) is 0 Å². The molecule has 0 atom stereocenters. The molecule has 0 unspecified atom stereocenters. The number of benzene rings is 1. The first-order valence-electron chi connectivity index (χ1n) is 7.10. The van der Waals surface area contributed by atoms with E-state index in [0.717, 1.165) is 49.6 Å². The van der Waals surface area contributed by atoms with Crippen molar-refractivity contribution in [3.05, 3.63) is 28.2 Å². The predicted molar refractivity (Wildman–Crippen MR) is 94.1 cm³/mol. The van der Waals surface area contributed by atoms with Gasteiger partial charge in [0.2, 0.25) is 0 Å². The van der Waals surface area contributed by atoms with E-state index in [4.69, 9.17) is 35.4 Å². The molecule has 1 N–H and O–H groups in total. The summed E-state index contributed by atoms with van der Waals surface area (Å²) in [4.78, 5) is 2.21. The summed E-state index contributed by atoms with van der Waals surface area (Å²) in [7, 11) is 0. The van der Waals surface area contributed by atoms with Gasteiger partial charge in [-0.3, -0.25) is 0 Å². The average Bonchev–Trinajstić information content (AvgIpc) is 2.44. The molecule has 0 aliphatic rings. The molecule has 0 aromatic heterocycles. The Hall–Kier alpha value is -0.510. The van der Waals surface area contributed by atoms with Crippen molar-refractivity contribution in [1.82, 2.24) is 4.90 Å². The summed E-state index contributed by atoms with van der Waals surface area (Å²) in [5.74, 6) is 0. The van der Waals surface area contributed by atoms with Crippen molar-refractivity contribution in [1.29, 1.82) is 0 Å². The maximum Gasteiger partial charge on any atom is 0.173 e. The van der Waals surface area contributed by atoms with E-state index in [1.807, 2.05) is 12.1 Å². The van der Waals surface area contributed by atoms with Crippen molar-refractivity contribution in [3.63, 3.8) is 0 Å². The average molecular weight is 333 g/mol. The van der Waals surface area contributed by atoms with Crippen molar-refractivity contribution in [2.75, 3.05) is 18.4 Å². The van der Waals surface area contributed by atoms with Crippen molar-refractivity contribution < 1.29 is 0 Å². The predicted octanol–water partition coefficient (Wildman–Crippen LogP) is 5.59. The van der Waals surface area contributed by atoms with Crippen LogP contribution in [0.4, 0.5) is 5.69 Å². The van der Waals surface area contributed by atoms with Crippen LogP contribution in [0.3, 0.4) is 0 Å². The van der Waals surface area contributed by atoms with E-state index in [1.165, 1.54) is 0 Å². The van der Waals surface area contributed by atoms with Crippen molar-refractivity contribution in [3.8, 4) is 0 Å². The molecule has 2 nitrogen and oxygen atoms in total. The van der Waals surface area contributed by atoms with Crippen LogP contribution in [-0.4, -0.2) is 23.1 Å². The first-order chi connectivity index (χ1) is 9.60. The third kappa shape index (κ3) is 5.47. The Kier molecular flexibility index (Phi) is 8.27. The van der Waals surface area contributed by atoms with E-state index < -0.39 is 0 Å². The Balaban J connectivity index is 2.71. The highest BCUT2D eigenvalue weighted by molar-refractivity contribution is 7.80. The second-order valence-corrected chi connectivity index (χ2v) is 5.90. The molecule has 0 spiro atoms. The quantitative estimate of drug-likeness (QED) is 0.655. The Morgan fingerprint density at radius 1 is 1.15 bits per heavy atom. The molecule has 1 aromatic rings. The van der Waals surface area contributed by atoms with Crippen molar-refractivity contribution in [2.45, 2.75) is 39.5 Å².